The van der Waals surface area contributed by atoms with Crippen molar-refractivity contribution in [3.63, 3.8) is 0 Å². The largest absolute Gasteiger partial charge is 0.471 e. The smallest absolute Gasteiger partial charge is 0.236 e. The van der Waals surface area contributed by atoms with Gasteiger partial charge in [-0.15, -0.1) is 24.0 Å². The van der Waals surface area contributed by atoms with E-state index in [0.717, 1.165) is 23.3 Å². The molecule has 3 fully saturated rings. The van der Waals surface area contributed by atoms with Crippen LogP contribution in [-0.2, 0) is 0 Å². The zero-order valence-corrected chi connectivity index (χ0v) is 14.5. The Balaban J connectivity index is 0.00000132. The first-order valence-corrected chi connectivity index (χ1v) is 7.42. The number of hydrogen-bond donors (Lipinski definition) is 0. The number of benzene rings is 1. The SMILES string of the molecule is Cc1nc2ccccc2nc1OC1CN2CCC1CC2.I. The first-order valence-electron chi connectivity index (χ1n) is 7.42. The van der Waals surface area contributed by atoms with E-state index in [-0.39, 0.29) is 30.1 Å². The van der Waals surface area contributed by atoms with Gasteiger partial charge in [0, 0.05) is 6.54 Å². The van der Waals surface area contributed by atoms with Crippen LogP contribution in [0.25, 0.3) is 11.0 Å². The number of para-hydroxylation sites is 2. The summed E-state index contributed by atoms with van der Waals surface area (Å²) in [6, 6.07) is 7.97. The highest BCUT2D eigenvalue weighted by molar-refractivity contribution is 14.0. The van der Waals surface area contributed by atoms with Crippen LogP contribution in [0.1, 0.15) is 18.5 Å². The monoisotopic (exact) mass is 397 g/mol. The van der Waals surface area contributed by atoms with Crippen molar-refractivity contribution in [3.05, 3.63) is 30.0 Å². The number of halogens is 1. The van der Waals surface area contributed by atoms with E-state index >= 15 is 0 Å². The van der Waals surface area contributed by atoms with Gasteiger partial charge in [0.15, 0.2) is 0 Å². The number of aromatic nitrogens is 2. The molecule has 2 aromatic rings. The fourth-order valence-corrected chi connectivity index (χ4v) is 3.37. The quantitative estimate of drug-likeness (QED) is 0.731. The summed E-state index contributed by atoms with van der Waals surface area (Å²) < 4.78 is 6.21. The number of rotatable bonds is 2. The van der Waals surface area contributed by atoms with E-state index in [2.05, 4.69) is 14.9 Å². The van der Waals surface area contributed by atoms with Gasteiger partial charge in [-0.3, -0.25) is 4.90 Å². The van der Waals surface area contributed by atoms with Crippen molar-refractivity contribution in [1.82, 2.24) is 14.9 Å². The van der Waals surface area contributed by atoms with Crippen molar-refractivity contribution in [2.75, 3.05) is 19.6 Å². The highest BCUT2D eigenvalue weighted by Crippen LogP contribution is 2.31. The van der Waals surface area contributed by atoms with E-state index in [4.69, 9.17) is 4.74 Å². The minimum absolute atomic E-state index is 0. The summed E-state index contributed by atoms with van der Waals surface area (Å²) in [7, 11) is 0. The molecule has 1 atom stereocenters. The number of aryl methyl sites for hydroxylation is 1. The van der Waals surface area contributed by atoms with Crippen LogP contribution in [0.5, 0.6) is 5.88 Å². The van der Waals surface area contributed by atoms with Crippen LogP contribution in [0, 0.1) is 12.8 Å². The second kappa shape index (κ2) is 6.04. The van der Waals surface area contributed by atoms with Gasteiger partial charge in [-0.25, -0.2) is 9.97 Å². The number of fused-ring (bicyclic) bond motifs is 4. The maximum absolute atomic E-state index is 6.21. The molecule has 0 saturated carbocycles. The van der Waals surface area contributed by atoms with Crippen molar-refractivity contribution in [2.24, 2.45) is 5.92 Å². The highest BCUT2D eigenvalue weighted by atomic mass is 127. The first kappa shape index (κ1) is 15.0. The molecule has 0 aliphatic carbocycles. The Morgan fingerprint density at radius 2 is 1.76 bits per heavy atom. The third-order valence-corrected chi connectivity index (χ3v) is 4.56. The molecule has 3 saturated heterocycles. The van der Waals surface area contributed by atoms with Crippen molar-refractivity contribution in [2.45, 2.75) is 25.9 Å². The summed E-state index contributed by atoms with van der Waals surface area (Å²) in [6.07, 6.45) is 2.79. The Morgan fingerprint density at radius 1 is 1.10 bits per heavy atom. The molecule has 1 aromatic heterocycles. The normalized spacial score (nSPS) is 27.4. The standard InChI is InChI=1S/C16H19N3O.HI/c1-11-16(18-14-5-3-2-4-13(14)17-11)20-15-10-19-8-6-12(15)7-9-19;/h2-5,12,15H,6-10H2,1H3;1H. The second-order valence-electron chi connectivity index (χ2n) is 5.90. The summed E-state index contributed by atoms with van der Waals surface area (Å²) in [6.45, 7) is 5.48. The molecular formula is C16H20IN3O. The zero-order valence-electron chi connectivity index (χ0n) is 12.2. The molecule has 2 bridgehead atoms. The third-order valence-electron chi connectivity index (χ3n) is 4.56. The lowest BCUT2D eigenvalue weighted by Crippen LogP contribution is -2.52. The van der Waals surface area contributed by atoms with Gasteiger partial charge >= 0.3 is 0 Å². The molecule has 5 rings (SSSR count). The average molecular weight is 397 g/mol. The molecule has 4 heterocycles. The van der Waals surface area contributed by atoms with E-state index in [1.165, 1.54) is 25.9 Å². The minimum Gasteiger partial charge on any atom is -0.471 e. The highest BCUT2D eigenvalue weighted by Gasteiger charge is 2.36. The molecule has 3 aliphatic heterocycles. The lowest BCUT2D eigenvalue weighted by molar-refractivity contribution is -0.0103. The lowest BCUT2D eigenvalue weighted by Gasteiger charge is -2.44. The van der Waals surface area contributed by atoms with Gasteiger partial charge in [0.2, 0.25) is 5.88 Å². The van der Waals surface area contributed by atoms with Crippen LogP contribution in [0.3, 0.4) is 0 Å². The van der Waals surface area contributed by atoms with Gasteiger partial charge in [-0.1, -0.05) is 12.1 Å². The number of nitrogens with zero attached hydrogens (tertiary/aromatic N) is 3. The van der Waals surface area contributed by atoms with Crippen LogP contribution in [0.2, 0.25) is 0 Å². The fourth-order valence-electron chi connectivity index (χ4n) is 3.37. The molecule has 0 spiro atoms. The van der Waals surface area contributed by atoms with Crippen LogP contribution in [0.4, 0.5) is 0 Å². The molecule has 3 aliphatic rings. The lowest BCUT2D eigenvalue weighted by atomic mass is 9.86. The van der Waals surface area contributed by atoms with E-state index in [0.29, 0.717) is 11.8 Å². The van der Waals surface area contributed by atoms with Gasteiger partial charge < -0.3 is 4.74 Å². The van der Waals surface area contributed by atoms with E-state index in [1.54, 1.807) is 0 Å². The van der Waals surface area contributed by atoms with Crippen LogP contribution in [0.15, 0.2) is 24.3 Å². The van der Waals surface area contributed by atoms with Crippen LogP contribution < -0.4 is 4.74 Å². The zero-order chi connectivity index (χ0) is 13.5. The van der Waals surface area contributed by atoms with Gasteiger partial charge in [0.1, 0.15) is 11.8 Å². The average Bonchev–Trinajstić information content (AvgIpc) is 2.49. The van der Waals surface area contributed by atoms with Gasteiger partial charge in [0.25, 0.3) is 0 Å². The van der Waals surface area contributed by atoms with Crippen molar-refractivity contribution in [1.29, 1.82) is 0 Å². The van der Waals surface area contributed by atoms with Crippen LogP contribution in [-0.4, -0.2) is 40.6 Å². The van der Waals surface area contributed by atoms with Crippen molar-refractivity contribution in [3.8, 4) is 5.88 Å². The Kier molecular flexibility index (Phi) is 4.31. The second-order valence-corrected chi connectivity index (χ2v) is 5.90. The van der Waals surface area contributed by atoms with Crippen molar-refractivity contribution < 1.29 is 4.74 Å². The molecule has 0 amide bonds. The molecule has 112 valence electrons. The molecule has 1 unspecified atom stereocenters. The molecule has 21 heavy (non-hydrogen) atoms. The minimum atomic E-state index is 0. The fraction of sp³-hybridized carbons (Fsp3) is 0.500. The molecule has 5 heteroatoms. The molecular weight excluding hydrogens is 377 g/mol. The Bertz CT molecular complexity index is 640. The Morgan fingerprint density at radius 3 is 2.38 bits per heavy atom. The van der Waals surface area contributed by atoms with E-state index in [9.17, 15) is 0 Å². The molecule has 4 nitrogen and oxygen atoms in total. The third kappa shape index (κ3) is 2.85. The van der Waals surface area contributed by atoms with Crippen molar-refractivity contribution >= 4 is 35.0 Å². The Labute approximate surface area is 141 Å². The van der Waals surface area contributed by atoms with Gasteiger partial charge in [0.05, 0.1) is 11.0 Å². The molecule has 0 radical (unpaired) electrons. The number of hydrogen-bond acceptors (Lipinski definition) is 4. The Hall–Kier alpha value is -0.950. The topological polar surface area (TPSA) is 38.3 Å². The predicted octanol–water partition coefficient (Wildman–Crippen LogP) is 3.03. The maximum atomic E-state index is 6.21. The maximum Gasteiger partial charge on any atom is 0.236 e. The van der Waals surface area contributed by atoms with Gasteiger partial charge in [-0.05, 0) is 50.9 Å². The molecule has 0 N–H and O–H groups in total. The summed E-state index contributed by atoms with van der Waals surface area (Å²) in [5, 5.41) is 0. The van der Waals surface area contributed by atoms with E-state index < -0.39 is 0 Å². The summed E-state index contributed by atoms with van der Waals surface area (Å²) in [5.74, 6) is 1.40. The van der Waals surface area contributed by atoms with E-state index in [1.807, 2.05) is 31.2 Å². The number of piperidine rings is 3. The predicted molar refractivity (Wildman–Crippen MR) is 93.3 cm³/mol. The molecule has 1 aromatic carbocycles. The van der Waals surface area contributed by atoms with Gasteiger partial charge in [-0.2, -0.15) is 0 Å². The number of ether oxygens (including phenoxy) is 1. The summed E-state index contributed by atoms with van der Waals surface area (Å²) in [4.78, 5) is 11.7. The first-order chi connectivity index (χ1) is 9.79. The summed E-state index contributed by atoms with van der Waals surface area (Å²) >= 11 is 0. The van der Waals surface area contributed by atoms with Crippen LogP contribution >= 0.6 is 24.0 Å². The summed E-state index contributed by atoms with van der Waals surface area (Å²) in [5.41, 5.74) is 2.74.